The molecular weight excluding hydrogens is 853 g/mol. The van der Waals surface area contributed by atoms with Gasteiger partial charge in [0.25, 0.3) is 0 Å². The molecular formula is C65H44N2OSi. The summed E-state index contributed by atoms with van der Waals surface area (Å²) in [6, 6.07) is 86.4. The minimum atomic E-state index is -2.36. The Bertz CT molecular complexity index is 4320. The molecule has 1 atom stereocenters. The van der Waals surface area contributed by atoms with E-state index in [1.807, 2.05) is 6.07 Å². The molecule has 0 saturated carbocycles. The van der Waals surface area contributed by atoms with E-state index in [0.29, 0.717) is 0 Å². The Morgan fingerprint density at radius 1 is 0.406 bits per heavy atom. The topological polar surface area (TPSA) is 21.3 Å². The summed E-state index contributed by atoms with van der Waals surface area (Å²) >= 11 is 0. The molecule has 69 heavy (non-hydrogen) atoms. The zero-order valence-electron chi connectivity index (χ0n) is 38.2. The monoisotopic (exact) mass is 896 g/mol. The van der Waals surface area contributed by atoms with Crippen molar-refractivity contribution >= 4 is 101 Å². The normalized spacial score (nSPS) is 15.6. The largest absolute Gasteiger partial charge is 0.456 e. The van der Waals surface area contributed by atoms with Gasteiger partial charge in [0, 0.05) is 44.0 Å². The molecule has 1 spiro atoms. The number of nitrogens with zero attached hydrogens (tertiary/aromatic N) is 2. The quantitative estimate of drug-likeness (QED) is 0.164. The minimum Gasteiger partial charge on any atom is -0.456 e. The number of furan rings is 1. The van der Waals surface area contributed by atoms with Crippen molar-refractivity contribution in [2.75, 3.05) is 4.90 Å². The van der Waals surface area contributed by atoms with Crippen molar-refractivity contribution in [3.63, 3.8) is 0 Å². The molecule has 324 valence electrons. The first-order valence-corrected chi connectivity index (χ1v) is 27.1. The lowest BCUT2D eigenvalue weighted by molar-refractivity contribution is 0.669. The van der Waals surface area contributed by atoms with Gasteiger partial charge in [-0.1, -0.05) is 183 Å². The Morgan fingerprint density at radius 2 is 1.03 bits per heavy atom. The third-order valence-electron chi connectivity index (χ3n) is 15.8. The molecule has 4 heteroatoms. The highest BCUT2D eigenvalue weighted by atomic mass is 28.3. The summed E-state index contributed by atoms with van der Waals surface area (Å²) in [6.07, 6.45) is 0. The second-order valence-electron chi connectivity index (χ2n) is 19.6. The first kappa shape index (κ1) is 38.6. The zero-order chi connectivity index (χ0) is 45.6. The van der Waals surface area contributed by atoms with Crippen LogP contribution in [0.5, 0.6) is 0 Å². The summed E-state index contributed by atoms with van der Waals surface area (Å²) in [7, 11) is -2.36. The fourth-order valence-electron chi connectivity index (χ4n) is 12.9. The van der Waals surface area contributed by atoms with Crippen LogP contribution < -0.4 is 15.3 Å². The molecule has 0 bridgehead atoms. The number of fused-ring (bicyclic) bond motifs is 15. The second-order valence-corrected chi connectivity index (χ2v) is 23.9. The lowest BCUT2D eigenvalue weighted by Gasteiger charge is -2.50. The van der Waals surface area contributed by atoms with Crippen LogP contribution in [0, 0.1) is 0 Å². The van der Waals surface area contributed by atoms with Gasteiger partial charge in [0.05, 0.1) is 22.1 Å². The van der Waals surface area contributed by atoms with E-state index >= 15 is 0 Å². The third-order valence-corrected chi connectivity index (χ3v) is 19.4. The van der Waals surface area contributed by atoms with Crippen LogP contribution in [0.3, 0.4) is 0 Å². The van der Waals surface area contributed by atoms with Gasteiger partial charge in [-0.05, 0) is 121 Å². The van der Waals surface area contributed by atoms with Gasteiger partial charge < -0.3 is 13.9 Å². The van der Waals surface area contributed by atoms with Crippen molar-refractivity contribution in [3.8, 4) is 16.8 Å². The van der Waals surface area contributed by atoms with Gasteiger partial charge >= 0.3 is 0 Å². The van der Waals surface area contributed by atoms with E-state index in [-0.39, 0.29) is 0 Å². The van der Waals surface area contributed by atoms with E-state index in [1.54, 1.807) is 0 Å². The van der Waals surface area contributed by atoms with Gasteiger partial charge in [0.1, 0.15) is 19.2 Å². The molecule has 1 aliphatic carbocycles. The molecule has 3 nitrogen and oxygen atoms in total. The number of rotatable bonds is 4. The molecule has 0 saturated heterocycles. The standard InChI is InChI=1S/C65H44N2OSi/c1-69(2)62-31-12-9-26-54(62)65(53-25-8-5-21-47(53)51-24-13-18-42-19-14-27-56(65)64(42)51)55-36-33-45(40-63(55)69)66(57-29-15-17-41-16-3-4-20-46(41)57)44-32-35-49-48-22-6-10-28-58(48)67(59(49)39-44)43-34-37-61-52(38-43)50-23-7-11-30-60(50)68-61/h3-40H,1-2H3. The van der Waals surface area contributed by atoms with Gasteiger partial charge in [0.15, 0.2) is 0 Å². The summed E-state index contributed by atoms with van der Waals surface area (Å²) in [6.45, 7) is 5.13. The number of hydrogen-bond acceptors (Lipinski definition) is 2. The number of hydrogen-bond donors (Lipinski definition) is 0. The van der Waals surface area contributed by atoms with E-state index in [4.69, 9.17) is 4.42 Å². The predicted molar refractivity (Wildman–Crippen MR) is 292 cm³/mol. The van der Waals surface area contributed by atoms with Gasteiger partial charge in [-0.25, -0.2) is 0 Å². The molecule has 13 aromatic rings. The lowest BCUT2D eigenvalue weighted by atomic mass is 9.59. The summed E-state index contributed by atoms with van der Waals surface area (Å²) in [5.74, 6) is 0. The Hall–Kier alpha value is -8.44. The van der Waals surface area contributed by atoms with E-state index in [9.17, 15) is 0 Å². The number of para-hydroxylation sites is 2. The summed E-state index contributed by atoms with van der Waals surface area (Å²) in [5, 5.41) is 12.7. The zero-order valence-corrected chi connectivity index (χ0v) is 39.2. The first-order valence-electron chi connectivity index (χ1n) is 24.1. The van der Waals surface area contributed by atoms with Crippen LogP contribution in [0.15, 0.2) is 235 Å². The van der Waals surface area contributed by atoms with Crippen molar-refractivity contribution in [3.05, 3.63) is 253 Å². The van der Waals surface area contributed by atoms with Crippen LogP contribution in [0.25, 0.3) is 82.1 Å². The summed E-state index contributed by atoms with van der Waals surface area (Å²) in [4.78, 5) is 2.53. The molecule has 0 N–H and O–H groups in total. The lowest BCUT2D eigenvalue weighted by Crippen LogP contribution is -2.63. The molecule has 11 aromatic carbocycles. The summed E-state index contributed by atoms with van der Waals surface area (Å²) < 4.78 is 8.77. The Labute approximate surface area is 400 Å². The van der Waals surface area contributed by atoms with E-state index in [0.717, 1.165) is 50.2 Å². The van der Waals surface area contributed by atoms with Crippen LogP contribution in [0.4, 0.5) is 17.1 Å². The Morgan fingerprint density at radius 3 is 1.94 bits per heavy atom. The van der Waals surface area contributed by atoms with Crippen molar-refractivity contribution in [1.29, 1.82) is 0 Å². The van der Waals surface area contributed by atoms with Crippen molar-refractivity contribution in [2.24, 2.45) is 0 Å². The van der Waals surface area contributed by atoms with E-state index in [1.165, 1.54) is 81.6 Å². The first-order chi connectivity index (χ1) is 34.0. The second kappa shape index (κ2) is 14.1. The fraction of sp³-hybridized carbons (Fsp3) is 0.0462. The maximum absolute atomic E-state index is 6.33. The maximum atomic E-state index is 6.33. The molecule has 2 aromatic heterocycles. The molecule has 3 heterocycles. The van der Waals surface area contributed by atoms with Crippen LogP contribution in [-0.4, -0.2) is 12.6 Å². The maximum Gasteiger partial charge on any atom is 0.135 e. The number of benzene rings is 11. The van der Waals surface area contributed by atoms with Gasteiger partial charge in [-0.2, -0.15) is 0 Å². The molecule has 0 amide bonds. The SMILES string of the molecule is C[Si]1(C)c2ccccc2C2(c3ccccc3-c3cccc4cccc2c34)c2ccc(N(c3ccc4c5ccccc5n(-c5ccc6oc7ccccc7c6c5)c4c3)c3cccc4ccccc34)cc21. The van der Waals surface area contributed by atoms with Crippen LogP contribution in [-0.2, 0) is 5.41 Å². The van der Waals surface area contributed by atoms with Crippen molar-refractivity contribution in [1.82, 2.24) is 4.57 Å². The highest BCUT2D eigenvalue weighted by molar-refractivity contribution is 7.01. The Kier molecular flexibility index (Phi) is 7.87. The fourth-order valence-corrected chi connectivity index (χ4v) is 16.1. The molecule has 15 rings (SSSR count). The van der Waals surface area contributed by atoms with Crippen LogP contribution in [0.2, 0.25) is 13.1 Å². The molecule has 0 fully saturated rings. The molecule has 2 aliphatic rings. The average molecular weight is 897 g/mol. The highest BCUT2D eigenvalue weighted by Gasteiger charge is 2.52. The third kappa shape index (κ3) is 5.16. The molecule has 1 unspecified atom stereocenters. The Balaban J connectivity index is 1.01. The number of aromatic nitrogens is 1. The highest BCUT2D eigenvalue weighted by Crippen LogP contribution is 2.56. The smallest absolute Gasteiger partial charge is 0.135 e. The van der Waals surface area contributed by atoms with Crippen molar-refractivity contribution < 1.29 is 4.42 Å². The average Bonchev–Trinajstić information content (AvgIpc) is 3.94. The summed E-state index contributed by atoms with van der Waals surface area (Å²) in [5.41, 5.74) is 16.3. The van der Waals surface area contributed by atoms with Crippen molar-refractivity contribution in [2.45, 2.75) is 18.5 Å². The number of anilines is 3. The molecule has 0 radical (unpaired) electrons. The van der Waals surface area contributed by atoms with Crippen LogP contribution >= 0.6 is 0 Å². The van der Waals surface area contributed by atoms with Gasteiger partial charge in [-0.15, -0.1) is 0 Å². The molecule has 1 aliphatic heterocycles. The predicted octanol–water partition coefficient (Wildman–Crippen LogP) is 16.0. The van der Waals surface area contributed by atoms with E-state index < -0.39 is 13.5 Å². The van der Waals surface area contributed by atoms with E-state index in [2.05, 4.69) is 247 Å². The van der Waals surface area contributed by atoms with Crippen LogP contribution in [0.1, 0.15) is 22.3 Å². The van der Waals surface area contributed by atoms with Gasteiger partial charge in [-0.3, -0.25) is 0 Å². The van der Waals surface area contributed by atoms with Gasteiger partial charge in [0.2, 0.25) is 0 Å². The minimum absolute atomic E-state index is 0.511.